The zero-order valence-corrected chi connectivity index (χ0v) is 21.3. The molecule has 4 rings (SSSR count). The molecule has 3 heterocycles. The number of methoxy groups -OCH3 is 1. The average molecular weight is 548 g/mol. The lowest BCUT2D eigenvalue weighted by atomic mass is 9.99. The minimum absolute atomic E-state index is 0.0356. The van der Waals surface area contributed by atoms with Crippen molar-refractivity contribution in [1.29, 1.82) is 0 Å². The Bertz CT molecular complexity index is 1390. The molecular weight excluding hydrogens is 529 g/mol. The fourth-order valence-corrected chi connectivity index (χ4v) is 8.06. The number of ether oxygens (including phenoxy) is 1. The summed E-state index contributed by atoms with van der Waals surface area (Å²) in [5.41, 5.74) is 0.698. The topological polar surface area (TPSA) is 98.0 Å². The third kappa shape index (κ3) is 5.18. The van der Waals surface area contributed by atoms with Gasteiger partial charge in [0, 0.05) is 18.1 Å². The fraction of sp³-hybridized carbons (Fsp3) is 0.350. The molecule has 176 valence electrons. The number of carbonyl (C=O) groups excluding carboxylic acids is 2. The second-order valence-corrected chi connectivity index (χ2v) is 12.7. The Kier molecular flexibility index (Phi) is 7.27. The van der Waals surface area contributed by atoms with Gasteiger partial charge in [-0.25, -0.2) is 8.42 Å². The minimum atomic E-state index is -3.74. The Morgan fingerprint density at radius 1 is 1.21 bits per heavy atom. The number of rotatable bonds is 5. The first-order valence-corrected chi connectivity index (χ1v) is 13.7. The van der Waals surface area contributed by atoms with Crippen LogP contribution >= 0.6 is 45.9 Å². The molecule has 1 aliphatic heterocycles. The van der Waals surface area contributed by atoms with E-state index in [9.17, 15) is 18.0 Å². The third-order valence-electron chi connectivity index (χ3n) is 5.24. The molecule has 0 spiro atoms. The molecule has 1 aliphatic rings. The van der Waals surface area contributed by atoms with Crippen LogP contribution in [0.5, 0.6) is 0 Å². The smallest absolute Gasteiger partial charge is 0.325 e. The zero-order valence-electron chi connectivity index (χ0n) is 17.4. The molecule has 1 unspecified atom stereocenters. The highest BCUT2D eigenvalue weighted by Crippen LogP contribution is 2.31. The summed E-state index contributed by atoms with van der Waals surface area (Å²) >= 11 is 14.2. The zero-order chi connectivity index (χ0) is 23.8. The van der Waals surface area contributed by atoms with E-state index in [0.717, 1.165) is 16.0 Å². The lowest BCUT2D eigenvalue weighted by Crippen LogP contribution is -2.42. The Morgan fingerprint density at radius 3 is 2.70 bits per heavy atom. The molecule has 0 saturated carbocycles. The van der Waals surface area contributed by atoms with Gasteiger partial charge in [0.15, 0.2) is 4.80 Å². The van der Waals surface area contributed by atoms with Crippen molar-refractivity contribution in [2.24, 2.45) is 10.9 Å². The van der Waals surface area contributed by atoms with E-state index in [2.05, 4.69) is 4.99 Å². The molecule has 1 saturated heterocycles. The molecule has 1 fully saturated rings. The van der Waals surface area contributed by atoms with E-state index < -0.39 is 27.8 Å². The molecular formula is C20H19Cl2N3O5S3. The van der Waals surface area contributed by atoms with E-state index in [1.54, 1.807) is 22.8 Å². The van der Waals surface area contributed by atoms with Crippen molar-refractivity contribution in [3.05, 3.63) is 44.5 Å². The summed E-state index contributed by atoms with van der Waals surface area (Å²) in [5.74, 6) is -1.51. The number of esters is 1. The van der Waals surface area contributed by atoms with Crippen LogP contribution in [-0.2, 0) is 30.9 Å². The lowest BCUT2D eigenvalue weighted by molar-refractivity contribution is -0.141. The molecule has 1 atom stereocenters. The van der Waals surface area contributed by atoms with Gasteiger partial charge in [-0.3, -0.25) is 9.59 Å². The van der Waals surface area contributed by atoms with Crippen molar-refractivity contribution in [3.8, 4) is 0 Å². The standard InChI is InChI=1S/C20H19Cl2N3O5S3/c1-30-17(26)11-25-14-5-4-13(21)9-15(14)31-20(25)23-19(27)12-3-2-8-24(10-12)33(28,29)18-7-6-16(22)32-18/h4-7,9,12H,2-3,8,10-11H2,1H3. The molecule has 13 heteroatoms. The van der Waals surface area contributed by atoms with E-state index >= 15 is 0 Å². The summed E-state index contributed by atoms with van der Waals surface area (Å²) in [6.45, 7) is 0.244. The fourth-order valence-electron chi connectivity index (χ4n) is 3.59. The number of thiophene rings is 1. The summed E-state index contributed by atoms with van der Waals surface area (Å²) in [6, 6.07) is 8.18. The predicted molar refractivity (Wildman–Crippen MR) is 128 cm³/mol. The molecule has 1 amide bonds. The highest BCUT2D eigenvalue weighted by atomic mass is 35.5. The number of halogens is 2. The van der Waals surface area contributed by atoms with Gasteiger partial charge in [0.2, 0.25) is 0 Å². The highest BCUT2D eigenvalue weighted by Gasteiger charge is 2.34. The van der Waals surface area contributed by atoms with Gasteiger partial charge in [0.25, 0.3) is 15.9 Å². The average Bonchev–Trinajstić information content (AvgIpc) is 3.37. The lowest BCUT2D eigenvalue weighted by Gasteiger charge is -2.29. The summed E-state index contributed by atoms with van der Waals surface area (Å²) < 4.78 is 34.9. The Labute approximate surface area is 208 Å². The maximum absolute atomic E-state index is 13.1. The van der Waals surface area contributed by atoms with Crippen LogP contribution in [-0.4, -0.2) is 49.4 Å². The molecule has 33 heavy (non-hydrogen) atoms. The maximum atomic E-state index is 13.1. The van der Waals surface area contributed by atoms with Gasteiger partial charge < -0.3 is 9.30 Å². The van der Waals surface area contributed by atoms with Gasteiger partial charge in [-0.1, -0.05) is 34.5 Å². The van der Waals surface area contributed by atoms with Crippen molar-refractivity contribution in [2.45, 2.75) is 23.6 Å². The number of benzene rings is 1. The first-order chi connectivity index (χ1) is 15.7. The van der Waals surface area contributed by atoms with Crippen LogP contribution in [0.25, 0.3) is 10.2 Å². The number of piperidine rings is 1. The predicted octanol–water partition coefficient (Wildman–Crippen LogP) is 3.77. The second kappa shape index (κ2) is 9.85. The van der Waals surface area contributed by atoms with Crippen LogP contribution in [0, 0.1) is 5.92 Å². The van der Waals surface area contributed by atoms with Crippen molar-refractivity contribution >= 4 is 78.0 Å². The Balaban J connectivity index is 1.65. The number of nitrogens with zero attached hydrogens (tertiary/aromatic N) is 3. The monoisotopic (exact) mass is 547 g/mol. The van der Waals surface area contributed by atoms with Crippen molar-refractivity contribution in [3.63, 3.8) is 0 Å². The molecule has 0 N–H and O–H groups in total. The van der Waals surface area contributed by atoms with Crippen LogP contribution in [0.1, 0.15) is 12.8 Å². The highest BCUT2D eigenvalue weighted by molar-refractivity contribution is 7.91. The molecule has 0 aliphatic carbocycles. The Hall–Kier alpha value is -1.76. The van der Waals surface area contributed by atoms with E-state index in [0.29, 0.717) is 39.1 Å². The van der Waals surface area contributed by atoms with Crippen LogP contribution in [0.2, 0.25) is 9.36 Å². The first-order valence-electron chi connectivity index (χ1n) is 9.89. The number of hydrogen-bond acceptors (Lipinski definition) is 7. The van der Waals surface area contributed by atoms with Gasteiger partial charge in [0.05, 0.1) is 27.6 Å². The largest absolute Gasteiger partial charge is 0.468 e. The number of aromatic nitrogens is 1. The van der Waals surface area contributed by atoms with Crippen LogP contribution in [0.4, 0.5) is 0 Å². The van der Waals surface area contributed by atoms with Crippen molar-refractivity contribution in [2.75, 3.05) is 20.2 Å². The summed E-state index contributed by atoms with van der Waals surface area (Å²) in [6.07, 6.45) is 1.06. The van der Waals surface area contributed by atoms with E-state index in [1.807, 2.05) is 0 Å². The number of thiazole rings is 1. The van der Waals surface area contributed by atoms with Gasteiger partial charge >= 0.3 is 5.97 Å². The van der Waals surface area contributed by atoms with Crippen LogP contribution in [0.15, 0.2) is 39.5 Å². The van der Waals surface area contributed by atoms with Crippen LogP contribution in [0.3, 0.4) is 0 Å². The number of sulfonamides is 1. The molecule has 2 aromatic heterocycles. The summed E-state index contributed by atoms with van der Waals surface area (Å²) in [4.78, 5) is 29.6. The van der Waals surface area contributed by atoms with Gasteiger partial charge in [-0.15, -0.1) is 11.3 Å². The van der Waals surface area contributed by atoms with Gasteiger partial charge in [0.1, 0.15) is 10.8 Å². The molecule has 1 aromatic carbocycles. The SMILES string of the molecule is COC(=O)Cn1c(=NC(=O)C2CCCN(S(=O)(=O)c3ccc(Cl)s3)C2)sc2cc(Cl)ccc21. The molecule has 0 bridgehead atoms. The van der Waals surface area contributed by atoms with Gasteiger partial charge in [-0.05, 0) is 43.2 Å². The maximum Gasteiger partial charge on any atom is 0.325 e. The number of hydrogen-bond donors (Lipinski definition) is 0. The second-order valence-electron chi connectivity index (χ2n) is 7.37. The molecule has 3 aromatic rings. The van der Waals surface area contributed by atoms with Crippen molar-refractivity contribution < 1.29 is 22.7 Å². The molecule has 0 radical (unpaired) electrons. The minimum Gasteiger partial charge on any atom is -0.468 e. The first kappa shape index (κ1) is 24.4. The van der Waals surface area contributed by atoms with E-state index in [4.69, 9.17) is 27.9 Å². The van der Waals surface area contributed by atoms with Crippen LogP contribution < -0.4 is 4.80 Å². The van der Waals surface area contributed by atoms with Crippen molar-refractivity contribution in [1.82, 2.24) is 8.87 Å². The van der Waals surface area contributed by atoms with E-state index in [1.165, 1.54) is 34.9 Å². The summed E-state index contributed by atoms with van der Waals surface area (Å²) in [7, 11) is -2.45. The third-order valence-corrected chi connectivity index (χ3v) is 10.1. The quantitative estimate of drug-likeness (QED) is 0.452. The Morgan fingerprint density at radius 2 is 2.00 bits per heavy atom. The molecule has 8 nitrogen and oxygen atoms in total. The van der Waals surface area contributed by atoms with Gasteiger partial charge in [-0.2, -0.15) is 9.30 Å². The number of fused-ring (bicyclic) bond motifs is 1. The van der Waals surface area contributed by atoms with E-state index in [-0.39, 0.29) is 17.3 Å². The normalized spacial score (nSPS) is 18.0. The number of carbonyl (C=O) groups is 2. The number of amides is 1. The summed E-state index contributed by atoms with van der Waals surface area (Å²) in [5, 5.41) is 0.522.